The van der Waals surface area contributed by atoms with Gasteiger partial charge in [0.2, 0.25) is 5.91 Å². The summed E-state index contributed by atoms with van der Waals surface area (Å²) >= 11 is 0. The quantitative estimate of drug-likeness (QED) is 0.355. The summed E-state index contributed by atoms with van der Waals surface area (Å²) in [4.78, 5) is 24.8. The predicted octanol–water partition coefficient (Wildman–Crippen LogP) is 3.25. The highest BCUT2D eigenvalue weighted by Crippen LogP contribution is 2.29. The Hall–Kier alpha value is -3.93. The van der Waals surface area contributed by atoms with Crippen molar-refractivity contribution in [2.24, 2.45) is 11.0 Å². The van der Waals surface area contributed by atoms with E-state index < -0.39 is 11.8 Å². The summed E-state index contributed by atoms with van der Waals surface area (Å²) in [5, 5.41) is 6.80. The minimum atomic E-state index is -0.798. The van der Waals surface area contributed by atoms with Gasteiger partial charge in [-0.05, 0) is 41.0 Å². The van der Waals surface area contributed by atoms with Crippen molar-refractivity contribution in [2.45, 2.75) is 12.5 Å². The fraction of sp³-hybridized carbons (Fsp3) is 0.160. The average molecular weight is 413 g/mol. The fourth-order valence-electron chi connectivity index (χ4n) is 3.56. The summed E-state index contributed by atoms with van der Waals surface area (Å²) in [5.41, 5.74) is 5.36. The smallest absolute Gasteiger partial charge is 0.253 e. The first-order chi connectivity index (χ1) is 15.2. The van der Waals surface area contributed by atoms with Crippen molar-refractivity contribution in [1.82, 2.24) is 10.7 Å². The number of carbonyl (C=O) groups is 2. The van der Waals surface area contributed by atoms with E-state index in [-0.39, 0.29) is 11.8 Å². The molecule has 0 aliphatic carbocycles. The molecule has 1 aliphatic rings. The van der Waals surface area contributed by atoms with E-state index in [1.54, 1.807) is 6.21 Å². The van der Waals surface area contributed by atoms with Gasteiger partial charge in [0.15, 0.2) is 0 Å². The molecule has 6 nitrogen and oxygen atoms in total. The van der Waals surface area contributed by atoms with Gasteiger partial charge in [-0.25, -0.2) is 5.43 Å². The van der Waals surface area contributed by atoms with Crippen molar-refractivity contribution < 1.29 is 14.3 Å². The number of hydrogen-bond donors (Lipinski definition) is 2. The second kappa shape index (κ2) is 9.71. The van der Waals surface area contributed by atoms with Crippen molar-refractivity contribution in [3.05, 3.63) is 102 Å². The zero-order chi connectivity index (χ0) is 21.5. The summed E-state index contributed by atoms with van der Waals surface area (Å²) < 4.78 is 5.76. The third-order valence-electron chi connectivity index (χ3n) is 5.21. The molecule has 2 N–H and O–H groups in total. The standard InChI is InChI=1S/C25H23N3O3/c29-24-23(22(16-26-24)20-9-5-2-6-10-20)25(30)28-27-15-18-11-13-21(14-12-18)31-17-19-7-3-1-4-8-19/h1-15,22-23H,16-17H2,(H,26,29)(H,28,30)/b27-15+. The minimum Gasteiger partial charge on any atom is -0.489 e. The Kier molecular flexibility index (Phi) is 6.38. The van der Waals surface area contributed by atoms with E-state index in [4.69, 9.17) is 4.74 Å². The molecule has 1 fully saturated rings. The molecule has 2 atom stereocenters. The van der Waals surface area contributed by atoms with Gasteiger partial charge in [0.1, 0.15) is 18.3 Å². The second-order valence-corrected chi connectivity index (χ2v) is 7.32. The molecule has 0 aromatic heterocycles. The van der Waals surface area contributed by atoms with Crippen LogP contribution in [-0.2, 0) is 16.2 Å². The maximum absolute atomic E-state index is 12.6. The Balaban J connectivity index is 1.32. The molecule has 3 aromatic carbocycles. The third kappa shape index (κ3) is 5.17. The van der Waals surface area contributed by atoms with Gasteiger partial charge >= 0.3 is 0 Å². The van der Waals surface area contributed by atoms with Crippen LogP contribution in [0, 0.1) is 5.92 Å². The lowest BCUT2D eigenvalue weighted by Gasteiger charge is -2.15. The monoisotopic (exact) mass is 413 g/mol. The van der Waals surface area contributed by atoms with Gasteiger partial charge in [-0.3, -0.25) is 9.59 Å². The number of nitrogens with one attached hydrogen (secondary N) is 2. The zero-order valence-electron chi connectivity index (χ0n) is 16.9. The lowest BCUT2D eigenvalue weighted by Crippen LogP contribution is -2.34. The number of carbonyl (C=O) groups excluding carboxylic acids is 2. The van der Waals surface area contributed by atoms with Crippen LogP contribution in [0.25, 0.3) is 0 Å². The Bertz CT molecular complexity index is 1050. The highest BCUT2D eigenvalue weighted by Gasteiger charge is 2.40. The molecule has 1 heterocycles. The SMILES string of the molecule is O=C1NCC(c2ccccc2)C1C(=O)N/N=C/c1ccc(OCc2ccccc2)cc1. The Morgan fingerprint density at radius 3 is 2.39 bits per heavy atom. The van der Waals surface area contributed by atoms with E-state index in [0.29, 0.717) is 13.2 Å². The van der Waals surface area contributed by atoms with E-state index in [9.17, 15) is 9.59 Å². The average Bonchev–Trinajstić information content (AvgIpc) is 3.21. The second-order valence-electron chi connectivity index (χ2n) is 7.32. The molecule has 31 heavy (non-hydrogen) atoms. The first-order valence-corrected chi connectivity index (χ1v) is 10.1. The molecule has 0 radical (unpaired) electrons. The topological polar surface area (TPSA) is 79.8 Å². The molecule has 0 saturated carbocycles. The number of hydrogen-bond acceptors (Lipinski definition) is 4. The van der Waals surface area contributed by atoms with Crippen LogP contribution in [0.5, 0.6) is 5.75 Å². The van der Waals surface area contributed by atoms with Gasteiger partial charge < -0.3 is 10.1 Å². The van der Waals surface area contributed by atoms with Crippen LogP contribution in [-0.4, -0.2) is 24.6 Å². The molecule has 0 bridgehead atoms. The molecular weight excluding hydrogens is 390 g/mol. The molecule has 156 valence electrons. The maximum Gasteiger partial charge on any atom is 0.253 e. The number of ether oxygens (including phenoxy) is 1. The van der Waals surface area contributed by atoms with Crippen molar-refractivity contribution in [1.29, 1.82) is 0 Å². The summed E-state index contributed by atoms with van der Waals surface area (Å²) in [6.45, 7) is 0.936. The Labute approximate surface area is 180 Å². The molecule has 1 aliphatic heterocycles. The van der Waals surface area contributed by atoms with Crippen molar-refractivity contribution in [3.8, 4) is 5.75 Å². The molecule has 2 amide bonds. The van der Waals surface area contributed by atoms with Gasteiger partial charge in [-0.15, -0.1) is 0 Å². The predicted molar refractivity (Wildman–Crippen MR) is 119 cm³/mol. The summed E-state index contributed by atoms with van der Waals surface area (Å²) in [6.07, 6.45) is 1.54. The van der Waals surface area contributed by atoms with Gasteiger partial charge in [0.05, 0.1) is 6.21 Å². The zero-order valence-corrected chi connectivity index (χ0v) is 16.9. The highest BCUT2D eigenvalue weighted by atomic mass is 16.5. The lowest BCUT2D eigenvalue weighted by molar-refractivity contribution is -0.133. The van der Waals surface area contributed by atoms with E-state index in [2.05, 4.69) is 15.8 Å². The van der Waals surface area contributed by atoms with E-state index in [1.165, 1.54) is 0 Å². The number of hydrazone groups is 1. The van der Waals surface area contributed by atoms with Crippen LogP contribution in [0.3, 0.4) is 0 Å². The normalized spacial score (nSPS) is 18.0. The van der Waals surface area contributed by atoms with Crippen LogP contribution in [0.1, 0.15) is 22.6 Å². The van der Waals surface area contributed by atoms with Crippen molar-refractivity contribution >= 4 is 18.0 Å². The van der Waals surface area contributed by atoms with Crippen molar-refractivity contribution in [2.75, 3.05) is 6.54 Å². The molecular formula is C25H23N3O3. The van der Waals surface area contributed by atoms with Crippen LogP contribution in [0.15, 0.2) is 90.0 Å². The van der Waals surface area contributed by atoms with Crippen molar-refractivity contribution in [3.63, 3.8) is 0 Å². The van der Waals surface area contributed by atoms with E-state index in [0.717, 1.165) is 22.4 Å². The van der Waals surface area contributed by atoms with E-state index >= 15 is 0 Å². The molecule has 4 rings (SSSR count). The molecule has 1 saturated heterocycles. The summed E-state index contributed by atoms with van der Waals surface area (Å²) in [6, 6.07) is 26.9. The number of amides is 2. The summed E-state index contributed by atoms with van der Waals surface area (Å²) in [7, 11) is 0. The van der Waals surface area contributed by atoms with Crippen LogP contribution in [0.2, 0.25) is 0 Å². The first-order valence-electron chi connectivity index (χ1n) is 10.1. The van der Waals surface area contributed by atoms with Gasteiger partial charge in [-0.2, -0.15) is 5.10 Å². The van der Waals surface area contributed by atoms with E-state index in [1.807, 2.05) is 84.9 Å². The Morgan fingerprint density at radius 2 is 1.68 bits per heavy atom. The molecule has 0 spiro atoms. The number of rotatable bonds is 7. The van der Waals surface area contributed by atoms with Gasteiger partial charge in [0, 0.05) is 12.5 Å². The summed E-state index contributed by atoms with van der Waals surface area (Å²) in [5.74, 6) is -0.944. The largest absolute Gasteiger partial charge is 0.489 e. The minimum absolute atomic E-state index is 0.204. The molecule has 2 unspecified atom stereocenters. The molecule has 3 aromatic rings. The number of nitrogens with zero attached hydrogens (tertiary/aromatic N) is 1. The fourth-order valence-corrected chi connectivity index (χ4v) is 3.56. The number of benzene rings is 3. The first kappa shape index (κ1) is 20.3. The van der Waals surface area contributed by atoms with Crippen LogP contribution in [0.4, 0.5) is 0 Å². The van der Waals surface area contributed by atoms with Gasteiger partial charge in [0.25, 0.3) is 5.91 Å². The van der Waals surface area contributed by atoms with Crippen LogP contribution < -0.4 is 15.5 Å². The third-order valence-corrected chi connectivity index (χ3v) is 5.21. The highest BCUT2D eigenvalue weighted by molar-refractivity contribution is 6.03. The Morgan fingerprint density at radius 1 is 1.00 bits per heavy atom. The molecule has 6 heteroatoms. The van der Waals surface area contributed by atoms with Crippen LogP contribution >= 0.6 is 0 Å². The maximum atomic E-state index is 12.6. The lowest BCUT2D eigenvalue weighted by atomic mass is 9.88. The van der Waals surface area contributed by atoms with Gasteiger partial charge in [-0.1, -0.05) is 60.7 Å².